The molecule has 0 N–H and O–H groups in total. The zero-order valence-corrected chi connectivity index (χ0v) is 13.2. The fraction of sp³-hybridized carbons (Fsp3) is 1.00. The average Bonchev–Trinajstić information content (AvgIpc) is 2.76. The Morgan fingerprint density at radius 1 is 1.14 bits per heavy atom. The zero-order chi connectivity index (χ0) is 17.7. The number of quaternary nitrogens is 1. The van der Waals surface area contributed by atoms with Crippen LogP contribution in [0.15, 0.2) is 0 Å². The molecular weight excluding hydrogens is 339 g/mol. The summed E-state index contributed by atoms with van der Waals surface area (Å²) in [4.78, 5) is 0. The van der Waals surface area contributed by atoms with Gasteiger partial charge in [-0.2, -0.15) is 13.2 Å². The summed E-state index contributed by atoms with van der Waals surface area (Å²) in [6.07, 6.45) is -2.84. The molecule has 1 heterocycles. The highest BCUT2D eigenvalue weighted by molar-refractivity contribution is 8.20. The Bertz CT molecular complexity index is 403. The third kappa shape index (κ3) is 5.62. The topological polar surface area (TPSA) is 43.4 Å². The second-order valence-corrected chi connectivity index (χ2v) is 7.23. The van der Waals surface area contributed by atoms with E-state index in [0.29, 0.717) is 0 Å². The van der Waals surface area contributed by atoms with Crippen molar-refractivity contribution in [3.05, 3.63) is 0 Å². The van der Waals surface area contributed by atoms with Gasteiger partial charge in [0.15, 0.2) is 6.73 Å². The average molecular weight is 359 g/mol. The summed E-state index contributed by atoms with van der Waals surface area (Å²) in [5.74, 6) is 0. The fourth-order valence-corrected chi connectivity index (χ4v) is 2.63. The van der Waals surface area contributed by atoms with Crippen LogP contribution in [-0.2, 0) is 14.4 Å². The van der Waals surface area contributed by atoms with Crippen molar-refractivity contribution in [2.75, 3.05) is 33.5 Å². The number of ether oxygens (including phenoxy) is 1. The second kappa shape index (κ2) is 7.87. The minimum absolute atomic E-state index is 0.924. The molecule has 0 aromatic rings. The number of alkyl halides is 3. The van der Waals surface area contributed by atoms with Crippen LogP contribution in [0, 0.1) is 0 Å². The van der Waals surface area contributed by atoms with Gasteiger partial charge in [-0.25, -0.2) is 0 Å². The van der Waals surface area contributed by atoms with E-state index in [-0.39, 0.29) is 0 Å². The van der Waals surface area contributed by atoms with Crippen LogP contribution in [0.5, 0.6) is 0 Å². The number of methoxy groups -OCH3 is 1. The van der Waals surface area contributed by atoms with Crippen molar-refractivity contribution in [2.45, 2.75) is 31.7 Å². The number of nitrogens with zero attached hydrogens (tertiary/aromatic N) is 1. The molecule has 0 aromatic carbocycles. The Morgan fingerprint density at radius 2 is 1.59 bits per heavy atom. The molecule has 0 saturated carbocycles. The minimum atomic E-state index is -6.95. The van der Waals surface area contributed by atoms with Crippen molar-refractivity contribution in [3.63, 3.8) is 0 Å². The van der Waals surface area contributed by atoms with E-state index in [4.69, 9.17) is 4.74 Å². The number of rotatable bonds is 5. The van der Waals surface area contributed by atoms with Crippen LogP contribution in [0.3, 0.4) is 0 Å². The summed E-state index contributed by atoms with van der Waals surface area (Å²) in [6.45, 7) is 7.15. The van der Waals surface area contributed by atoms with Crippen LogP contribution in [-0.4, -0.2) is 58.1 Å². The van der Waals surface area contributed by atoms with Crippen LogP contribution in [0.4, 0.5) is 26.1 Å². The Morgan fingerprint density at radius 3 is 1.82 bits per heavy atom. The molecule has 0 amide bonds. The fourth-order valence-electron chi connectivity index (χ4n) is 2.32. The van der Waals surface area contributed by atoms with Gasteiger partial charge in [0.1, 0.15) is 0 Å². The minimum Gasteiger partial charge on any atom is -0.436 e. The monoisotopic (exact) mass is 359 g/mol. The van der Waals surface area contributed by atoms with E-state index < -0.39 is 21.5 Å². The maximum atomic E-state index is 11.1. The third-order valence-corrected chi connectivity index (χ3v) is 4.64. The number of likely N-dealkylation sites (tertiary alicyclic amines) is 1. The maximum absolute atomic E-state index is 11.1. The first-order valence-corrected chi connectivity index (χ1v) is 8.21. The summed E-state index contributed by atoms with van der Waals surface area (Å²) < 4.78 is 91.7. The summed E-state index contributed by atoms with van der Waals surface area (Å²) in [5, 5.41) is 0. The molecule has 22 heavy (non-hydrogen) atoms. The van der Waals surface area contributed by atoms with Gasteiger partial charge in [-0.05, 0) is 6.42 Å². The summed E-state index contributed by atoms with van der Waals surface area (Å²) >= 11 is 0. The lowest BCUT2D eigenvalue weighted by Gasteiger charge is -2.32. The highest BCUT2D eigenvalue weighted by Gasteiger charge is 2.58. The molecule has 4 nitrogen and oxygen atoms in total. The lowest BCUT2D eigenvalue weighted by molar-refractivity contribution is -0.934. The quantitative estimate of drug-likeness (QED) is 0.431. The third-order valence-electron chi connectivity index (χ3n) is 3.29. The van der Waals surface area contributed by atoms with Gasteiger partial charge in [0, 0.05) is 20.0 Å². The van der Waals surface area contributed by atoms with Crippen LogP contribution in [0.2, 0.25) is 0 Å². The largest absolute Gasteiger partial charge is 0.616 e. The van der Waals surface area contributed by atoms with Gasteiger partial charge in [0.2, 0.25) is 9.69 Å². The Balaban J connectivity index is 0.000000401. The van der Waals surface area contributed by atoms with Gasteiger partial charge in [0.25, 0.3) is 0 Å². The van der Waals surface area contributed by atoms with Gasteiger partial charge in [-0.3, -0.25) is 8.42 Å². The molecule has 0 atom stereocenters. The van der Waals surface area contributed by atoms with E-state index in [1.807, 2.05) is 7.11 Å². The molecule has 1 aliphatic heterocycles. The summed E-state index contributed by atoms with van der Waals surface area (Å²) in [5.41, 5.74) is -6.24. The Kier molecular flexibility index (Phi) is 7.69. The smallest absolute Gasteiger partial charge is 0.436 e. The normalized spacial score (nSPS) is 18.7. The lowest BCUT2D eigenvalue weighted by atomic mass is 10.4. The van der Waals surface area contributed by atoms with Gasteiger partial charge in [-0.15, -0.1) is 0 Å². The van der Waals surface area contributed by atoms with Crippen LogP contribution in [0.25, 0.3) is 0 Å². The zero-order valence-electron chi connectivity index (χ0n) is 12.4. The standard InChI is InChI=1S/C9H20NO.CBF6O2S/c1-3-6-10(9-11-2)7-4-5-8-10;3-1(4,5)11(9,10)2(6,7)8/h3-9H2,1-2H3;/q+1;-1. The van der Waals surface area contributed by atoms with E-state index in [1.54, 1.807) is 0 Å². The van der Waals surface area contributed by atoms with E-state index in [9.17, 15) is 34.5 Å². The number of hydrogen-bond acceptors (Lipinski definition) is 3. The molecule has 0 unspecified atom stereocenters. The molecular formula is C10H20BF6NO3S. The number of hydrogen-bond donors (Lipinski definition) is 0. The van der Waals surface area contributed by atoms with Crippen LogP contribution < -0.4 is 0 Å². The van der Waals surface area contributed by atoms with Crippen molar-refractivity contribution >= 4 is 15.9 Å². The van der Waals surface area contributed by atoms with Gasteiger partial charge in [0.05, 0.1) is 19.6 Å². The molecule has 134 valence electrons. The first-order chi connectivity index (χ1) is 9.83. The predicted octanol–water partition coefficient (Wildman–Crippen LogP) is 2.88. The number of halogens is 6. The van der Waals surface area contributed by atoms with Crippen LogP contribution in [0.1, 0.15) is 26.2 Å². The molecule has 0 spiro atoms. The maximum Gasteiger partial charge on any atom is 0.616 e. The van der Waals surface area contributed by atoms with Gasteiger partial charge in [-0.1, -0.05) is 6.92 Å². The highest BCUT2D eigenvalue weighted by atomic mass is 32.2. The highest BCUT2D eigenvalue weighted by Crippen LogP contribution is 2.33. The summed E-state index contributed by atoms with van der Waals surface area (Å²) in [6, 6.07) is 0. The van der Waals surface area contributed by atoms with Gasteiger partial charge < -0.3 is 22.2 Å². The molecule has 0 bridgehead atoms. The van der Waals surface area contributed by atoms with Gasteiger partial charge >= 0.3 is 11.8 Å². The van der Waals surface area contributed by atoms with Crippen LogP contribution >= 0.6 is 0 Å². The Hall–Kier alpha value is -0.485. The molecule has 0 aromatic heterocycles. The molecule has 1 rings (SSSR count). The molecule has 1 saturated heterocycles. The van der Waals surface area contributed by atoms with Crippen molar-refractivity contribution in [3.8, 4) is 0 Å². The first-order valence-electron chi connectivity index (χ1n) is 6.66. The lowest BCUT2D eigenvalue weighted by Crippen LogP contribution is -2.47. The molecule has 12 heteroatoms. The molecule has 1 fully saturated rings. The van der Waals surface area contributed by atoms with E-state index in [1.165, 1.54) is 43.4 Å². The molecule has 1 aliphatic rings. The van der Waals surface area contributed by atoms with Crippen molar-refractivity contribution in [2.24, 2.45) is 0 Å². The van der Waals surface area contributed by atoms with Crippen molar-refractivity contribution in [1.82, 2.24) is 0 Å². The predicted molar refractivity (Wildman–Crippen MR) is 70.3 cm³/mol. The molecule has 0 aliphatic carbocycles. The Labute approximate surface area is 125 Å². The van der Waals surface area contributed by atoms with Crippen molar-refractivity contribution in [1.29, 1.82) is 0 Å². The molecule has 0 radical (unpaired) electrons. The SMILES string of the molecule is CCC[N+]1(COC)CCCC1.O=S(=O)([B-](F)(F)F)C(F)(F)F. The second-order valence-electron chi connectivity index (χ2n) is 5.14. The van der Waals surface area contributed by atoms with E-state index in [2.05, 4.69) is 6.92 Å². The summed E-state index contributed by atoms with van der Waals surface area (Å²) in [7, 11) is -5.14. The van der Waals surface area contributed by atoms with Crippen molar-refractivity contribution < 1.29 is 43.8 Å². The van der Waals surface area contributed by atoms with E-state index >= 15 is 0 Å². The van der Waals surface area contributed by atoms with E-state index in [0.717, 1.165) is 6.73 Å². The first kappa shape index (κ1) is 21.5.